The second-order valence-corrected chi connectivity index (χ2v) is 8.82. The van der Waals surface area contributed by atoms with E-state index in [1.54, 1.807) is 59.6 Å². The fourth-order valence-corrected chi connectivity index (χ4v) is 5.34. The molecule has 164 valence electrons. The largest absolute Gasteiger partial charge is 0.497 e. The van der Waals surface area contributed by atoms with Gasteiger partial charge in [0, 0.05) is 30.5 Å². The van der Waals surface area contributed by atoms with Crippen molar-refractivity contribution in [3.05, 3.63) is 41.4 Å². The number of ether oxygens (including phenoxy) is 2. The van der Waals surface area contributed by atoms with E-state index in [1.165, 1.54) is 11.3 Å². The van der Waals surface area contributed by atoms with Gasteiger partial charge in [0.1, 0.15) is 11.5 Å². The van der Waals surface area contributed by atoms with E-state index in [0.29, 0.717) is 35.4 Å². The number of carbonyl (C=O) groups excluding carboxylic acids is 2. The first-order valence-electron chi connectivity index (χ1n) is 10.5. The van der Waals surface area contributed by atoms with E-state index in [9.17, 15) is 9.59 Å². The standard InChI is InChI=1S/C23H27N3O4S/c1-4-11-25(23-24-17-7-5-6-8-20(17)31-23)22(28)15-12-21(27)26(14-15)18-10-9-16(29-2)13-19(18)30-3/h4,9-10,13,15H,1,5-8,11-12,14H2,2-3H3. The highest BCUT2D eigenvalue weighted by atomic mass is 32.1. The number of aryl methyl sites for hydroxylation is 2. The third-order valence-corrected chi connectivity index (χ3v) is 6.98. The van der Waals surface area contributed by atoms with Crippen LogP contribution in [-0.2, 0) is 22.4 Å². The van der Waals surface area contributed by atoms with Crippen molar-refractivity contribution in [2.75, 3.05) is 37.1 Å². The topological polar surface area (TPSA) is 72.0 Å². The van der Waals surface area contributed by atoms with Crippen LogP contribution in [0.2, 0.25) is 0 Å². The summed E-state index contributed by atoms with van der Waals surface area (Å²) in [6, 6.07) is 5.31. The minimum atomic E-state index is -0.444. The molecule has 4 rings (SSSR count). The zero-order chi connectivity index (χ0) is 22.0. The van der Waals surface area contributed by atoms with Gasteiger partial charge in [-0.3, -0.25) is 14.5 Å². The first kappa shape index (κ1) is 21.4. The molecule has 1 aromatic heterocycles. The van der Waals surface area contributed by atoms with Gasteiger partial charge in [0.2, 0.25) is 11.8 Å². The van der Waals surface area contributed by atoms with E-state index >= 15 is 0 Å². The number of thiazole rings is 1. The molecule has 2 aliphatic rings. The lowest BCUT2D eigenvalue weighted by atomic mass is 10.0. The first-order valence-corrected chi connectivity index (χ1v) is 11.3. The van der Waals surface area contributed by atoms with Gasteiger partial charge in [-0.2, -0.15) is 0 Å². The molecule has 1 saturated heterocycles. The second kappa shape index (κ2) is 9.09. The van der Waals surface area contributed by atoms with Crippen LogP contribution in [0.25, 0.3) is 0 Å². The SMILES string of the molecule is C=CCN(C(=O)C1CC(=O)N(c2ccc(OC)cc2OC)C1)c1nc2c(s1)CCCC2. The van der Waals surface area contributed by atoms with Crippen molar-refractivity contribution >= 4 is 34.0 Å². The molecule has 1 aliphatic carbocycles. The van der Waals surface area contributed by atoms with Crippen LogP contribution in [0.15, 0.2) is 30.9 Å². The first-order chi connectivity index (χ1) is 15.0. The summed E-state index contributed by atoms with van der Waals surface area (Å²) >= 11 is 1.59. The molecule has 2 amide bonds. The Hall–Kier alpha value is -2.87. The number of hydrogen-bond donors (Lipinski definition) is 0. The average Bonchev–Trinajstić information content (AvgIpc) is 3.40. The van der Waals surface area contributed by atoms with Gasteiger partial charge in [-0.05, 0) is 37.8 Å². The highest BCUT2D eigenvalue weighted by Crippen LogP contribution is 2.37. The van der Waals surface area contributed by atoms with E-state index in [1.807, 2.05) is 0 Å². The molecule has 1 aliphatic heterocycles. The summed E-state index contributed by atoms with van der Waals surface area (Å²) in [6.07, 6.45) is 6.16. The maximum absolute atomic E-state index is 13.4. The Labute approximate surface area is 186 Å². The van der Waals surface area contributed by atoms with Crippen molar-refractivity contribution in [3.8, 4) is 11.5 Å². The van der Waals surface area contributed by atoms with Crippen LogP contribution in [0.3, 0.4) is 0 Å². The zero-order valence-electron chi connectivity index (χ0n) is 17.9. The summed E-state index contributed by atoms with van der Waals surface area (Å²) in [6.45, 7) is 4.49. The maximum Gasteiger partial charge on any atom is 0.234 e. The molecule has 0 radical (unpaired) electrons. The van der Waals surface area contributed by atoms with Crippen LogP contribution in [-0.4, -0.2) is 44.1 Å². The van der Waals surface area contributed by atoms with Crippen LogP contribution in [0.5, 0.6) is 11.5 Å². The fraction of sp³-hybridized carbons (Fsp3) is 0.435. The maximum atomic E-state index is 13.4. The van der Waals surface area contributed by atoms with Crippen LogP contribution in [0.1, 0.15) is 29.8 Å². The second-order valence-electron chi connectivity index (χ2n) is 7.75. The van der Waals surface area contributed by atoms with Gasteiger partial charge in [0.15, 0.2) is 5.13 Å². The number of nitrogens with zero attached hydrogens (tertiary/aromatic N) is 3. The minimum Gasteiger partial charge on any atom is -0.497 e. The van der Waals surface area contributed by atoms with Gasteiger partial charge < -0.3 is 14.4 Å². The monoisotopic (exact) mass is 441 g/mol. The minimum absolute atomic E-state index is 0.0886. The Balaban J connectivity index is 1.56. The molecule has 7 nitrogen and oxygen atoms in total. The van der Waals surface area contributed by atoms with Crippen molar-refractivity contribution < 1.29 is 19.1 Å². The molecule has 0 N–H and O–H groups in total. The van der Waals surface area contributed by atoms with Gasteiger partial charge in [-0.1, -0.05) is 6.08 Å². The summed E-state index contributed by atoms with van der Waals surface area (Å²) in [7, 11) is 3.13. The van der Waals surface area contributed by atoms with Gasteiger partial charge >= 0.3 is 0 Å². The predicted octanol–water partition coefficient (Wildman–Crippen LogP) is 3.61. The van der Waals surface area contributed by atoms with Gasteiger partial charge in [-0.25, -0.2) is 4.98 Å². The highest BCUT2D eigenvalue weighted by Gasteiger charge is 2.39. The molecule has 0 bridgehead atoms. The third-order valence-electron chi connectivity index (χ3n) is 5.79. The van der Waals surface area contributed by atoms with Gasteiger partial charge in [-0.15, -0.1) is 17.9 Å². The molecule has 2 heterocycles. The fourth-order valence-electron chi connectivity index (χ4n) is 4.18. The van der Waals surface area contributed by atoms with Gasteiger partial charge in [0.25, 0.3) is 0 Å². The highest BCUT2D eigenvalue weighted by molar-refractivity contribution is 7.16. The quantitative estimate of drug-likeness (QED) is 0.614. The molecule has 1 atom stereocenters. The number of methoxy groups -OCH3 is 2. The number of hydrogen-bond acceptors (Lipinski definition) is 6. The molecule has 8 heteroatoms. The molecule has 2 aromatic rings. The van der Waals surface area contributed by atoms with Crippen molar-refractivity contribution in [1.82, 2.24) is 4.98 Å². The Morgan fingerprint density at radius 3 is 2.84 bits per heavy atom. The number of rotatable bonds is 7. The van der Waals surface area contributed by atoms with Crippen molar-refractivity contribution in [2.24, 2.45) is 5.92 Å². The lowest BCUT2D eigenvalue weighted by molar-refractivity contribution is -0.124. The number of amides is 2. The summed E-state index contributed by atoms with van der Waals surface area (Å²) in [5.41, 5.74) is 1.75. The molecule has 1 aromatic carbocycles. The number of anilines is 2. The Bertz CT molecular complexity index is 979. The molecule has 1 unspecified atom stereocenters. The lowest BCUT2D eigenvalue weighted by Gasteiger charge is -2.23. The van der Waals surface area contributed by atoms with Crippen LogP contribution >= 0.6 is 11.3 Å². The smallest absolute Gasteiger partial charge is 0.234 e. The summed E-state index contributed by atoms with van der Waals surface area (Å²) < 4.78 is 10.7. The van der Waals surface area contributed by atoms with E-state index in [2.05, 4.69) is 6.58 Å². The molecular weight excluding hydrogens is 414 g/mol. The van der Waals surface area contributed by atoms with Crippen LogP contribution in [0.4, 0.5) is 10.8 Å². The molecule has 1 fully saturated rings. The van der Waals surface area contributed by atoms with Gasteiger partial charge in [0.05, 0.1) is 31.5 Å². The number of fused-ring (bicyclic) bond motifs is 1. The zero-order valence-corrected chi connectivity index (χ0v) is 18.7. The van der Waals surface area contributed by atoms with E-state index in [4.69, 9.17) is 14.5 Å². The summed E-state index contributed by atoms with van der Waals surface area (Å²) in [5.74, 6) is 0.550. The van der Waals surface area contributed by atoms with Crippen LogP contribution < -0.4 is 19.3 Å². The third kappa shape index (κ3) is 4.17. The Kier molecular flexibility index (Phi) is 6.27. The average molecular weight is 442 g/mol. The lowest BCUT2D eigenvalue weighted by Crippen LogP contribution is -2.37. The summed E-state index contributed by atoms with van der Waals surface area (Å²) in [5, 5.41) is 0.713. The molecule has 0 saturated carbocycles. The Morgan fingerprint density at radius 1 is 1.32 bits per heavy atom. The van der Waals surface area contributed by atoms with E-state index < -0.39 is 5.92 Å². The normalized spacial score (nSPS) is 17.9. The molecular formula is C23H27N3O4S. The van der Waals surface area contributed by atoms with Crippen LogP contribution in [0, 0.1) is 5.92 Å². The number of benzene rings is 1. The Morgan fingerprint density at radius 2 is 2.13 bits per heavy atom. The molecule has 31 heavy (non-hydrogen) atoms. The predicted molar refractivity (Wildman–Crippen MR) is 121 cm³/mol. The van der Waals surface area contributed by atoms with E-state index in [-0.39, 0.29) is 18.2 Å². The summed E-state index contributed by atoms with van der Waals surface area (Å²) in [4.78, 5) is 35.6. The van der Waals surface area contributed by atoms with E-state index in [0.717, 1.165) is 25.0 Å². The number of aromatic nitrogens is 1. The van der Waals surface area contributed by atoms with Crippen molar-refractivity contribution in [3.63, 3.8) is 0 Å². The number of carbonyl (C=O) groups is 2. The van der Waals surface area contributed by atoms with Crippen molar-refractivity contribution in [2.45, 2.75) is 32.1 Å². The van der Waals surface area contributed by atoms with Crippen molar-refractivity contribution in [1.29, 1.82) is 0 Å². The molecule has 0 spiro atoms.